The van der Waals surface area contributed by atoms with E-state index in [4.69, 9.17) is 0 Å². The van der Waals surface area contributed by atoms with Crippen molar-refractivity contribution in [2.24, 2.45) is 5.92 Å². The Bertz CT molecular complexity index is 938. The molecule has 0 fully saturated rings. The highest BCUT2D eigenvalue weighted by Crippen LogP contribution is 2.26. The highest BCUT2D eigenvalue weighted by molar-refractivity contribution is 4.94. The third-order valence-corrected chi connectivity index (χ3v) is 11.6. The molecule has 0 aromatic heterocycles. The fraction of sp³-hybridized carbons (Fsp3) is 0.782. The number of hydrogen-bond acceptors (Lipinski definition) is 2. The Morgan fingerprint density at radius 1 is 0.263 bits per heavy atom. The van der Waals surface area contributed by atoms with Gasteiger partial charge in [0.25, 0.3) is 0 Å². The Kier molecular flexibility index (Phi) is 47.3. The molecule has 0 bridgehead atoms. The highest BCUT2D eigenvalue weighted by atomic mass is 16.3. The summed E-state index contributed by atoms with van der Waals surface area (Å²) in [7, 11) is 0. The lowest BCUT2D eigenvalue weighted by molar-refractivity contribution is -0.00326. The van der Waals surface area contributed by atoms with E-state index in [-0.39, 0.29) is 18.1 Å². The number of rotatable bonds is 45. The molecule has 0 spiro atoms. The Labute approximate surface area is 358 Å². The predicted octanol–water partition coefficient (Wildman–Crippen LogP) is 18.2. The number of hydrogen-bond donors (Lipinski definition) is 2. The molecule has 57 heavy (non-hydrogen) atoms. The molecule has 0 aliphatic rings. The Hall–Kier alpha value is -1.64. The van der Waals surface area contributed by atoms with Gasteiger partial charge < -0.3 is 10.2 Å². The zero-order valence-electron chi connectivity index (χ0n) is 38.7. The van der Waals surface area contributed by atoms with Gasteiger partial charge in [0, 0.05) is 5.92 Å². The highest BCUT2D eigenvalue weighted by Gasteiger charge is 2.26. The minimum Gasteiger partial charge on any atom is -0.393 e. The lowest BCUT2D eigenvalue weighted by Crippen LogP contribution is -2.32. The Morgan fingerprint density at radius 3 is 0.772 bits per heavy atom. The second kappa shape index (κ2) is 48.7. The summed E-state index contributed by atoms with van der Waals surface area (Å²) >= 11 is 0. The first-order valence-corrected chi connectivity index (χ1v) is 25.4. The van der Waals surface area contributed by atoms with Crippen LogP contribution in [0.4, 0.5) is 0 Å². The van der Waals surface area contributed by atoms with Gasteiger partial charge in [-0.05, 0) is 116 Å². The molecule has 0 aliphatic carbocycles. The van der Waals surface area contributed by atoms with Gasteiger partial charge in [-0.1, -0.05) is 216 Å². The molecule has 0 saturated heterocycles. The summed E-state index contributed by atoms with van der Waals surface area (Å²) in [6, 6.07) is 0. The summed E-state index contributed by atoms with van der Waals surface area (Å²) in [6.07, 6.45) is 72.0. The van der Waals surface area contributed by atoms with Crippen molar-refractivity contribution in [3.63, 3.8) is 0 Å². The normalized spacial score (nSPS) is 14.3. The van der Waals surface area contributed by atoms with Gasteiger partial charge in [-0.3, -0.25) is 0 Å². The van der Waals surface area contributed by atoms with E-state index in [1.165, 1.54) is 180 Å². The van der Waals surface area contributed by atoms with Crippen LogP contribution in [0.15, 0.2) is 72.9 Å². The molecule has 0 aromatic carbocycles. The van der Waals surface area contributed by atoms with Crippen LogP contribution in [0.1, 0.15) is 258 Å². The van der Waals surface area contributed by atoms with Crippen molar-refractivity contribution in [2.45, 2.75) is 271 Å². The molecular formula is C55H100O2. The van der Waals surface area contributed by atoms with E-state index < -0.39 is 0 Å². The summed E-state index contributed by atoms with van der Waals surface area (Å²) in [5, 5.41) is 22.7. The van der Waals surface area contributed by atoms with Crippen LogP contribution in [0, 0.1) is 5.92 Å². The van der Waals surface area contributed by atoms with Crippen molar-refractivity contribution in [1.29, 1.82) is 0 Å². The average Bonchev–Trinajstić information content (AvgIpc) is 3.21. The largest absolute Gasteiger partial charge is 0.393 e. The van der Waals surface area contributed by atoms with Gasteiger partial charge in [0.15, 0.2) is 0 Å². The molecule has 0 aliphatic heterocycles. The van der Waals surface area contributed by atoms with Crippen LogP contribution in [-0.2, 0) is 0 Å². The van der Waals surface area contributed by atoms with Crippen LogP contribution in [0.3, 0.4) is 0 Å². The van der Waals surface area contributed by atoms with E-state index >= 15 is 0 Å². The molecule has 2 nitrogen and oxygen atoms in total. The third kappa shape index (κ3) is 43.8. The number of unbranched alkanes of at least 4 members (excludes halogenated alkanes) is 25. The van der Waals surface area contributed by atoms with Gasteiger partial charge in [0.1, 0.15) is 0 Å². The zero-order valence-corrected chi connectivity index (χ0v) is 38.7. The molecule has 0 amide bonds. The molecule has 0 rings (SSSR count). The van der Waals surface area contributed by atoms with Crippen LogP contribution in [0.2, 0.25) is 0 Å². The van der Waals surface area contributed by atoms with Gasteiger partial charge >= 0.3 is 0 Å². The third-order valence-electron chi connectivity index (χ3n) is 11.6. The topological polar surface area (TPSA) is 40.5 Å². The average molecular weight is 793 g/mol. The Morgan fingerprint density at radius 2 is 0.491 bits per heavy atom. The van der Waals surface area contributed by atoms with Crippen LogP contribution in [0.25, 0.3) is 0 Å². The molecule has 2 N–H and O–H groups in total. The van der Waals surface area contributed by atoms with Crippen molar-refractivity contribution in [3.05, 3.63) is 72.9 Å². The lowest BCUT2D eigenvalue weighted by atomic mass is 9.85. The first kappa shape index (κ1) is 55.4. The predicted molar refractivity (Wildman–Crippen MR) is 258 cm³/mol. The smallest absolute Gasteiger partial charge is 0.0593 e. The second-order valence-corrected chi connectivity index (χ2v) is 17.2. The molecule has 2 heteroatoms. The first-order valence-electron chi connectivity index (χ1n) is 25.4. The van der Waals surface area contributed by atoms with Gasteiger partial charge in [0.2, 0.25) is 0 Å². The summed E-state index contributed by atoms with van der Waals surface area (Å²) in [6.45, 7) is 6.79. The molecule has 3 unspecified atom stereocenters. The van der Waals surface area contributed by atoms with Crippen molar-refractivity contribution in [1.82, 2.24) is 0 Å². The minimum absolute atomic E-state index is 0.0340. The van der Waals surface area contributed by atoms with Crippen molar-refractivity contribution >= 4 is 0 Å². The summed E-state index contributed by atoms with van der Waals surface area (Å²) in [5.74, 6) is 0.0340. The van der Waals surface area contributed by atoms with E-state index in [0.717, 1.165) is 57.8 Å². The summed E-state index contributed by atoms with van der Waals surface area (Å²) in [4.78, 5) is 0. The van der Waals surface area contributed by atoms with Crippen LogP contribution >= 0.6 is 0 Å². The fourth-order valence-corrected chi connectivity index (χ4v) is 7.77. The van der Waals surface area contributed by atoms with Crippen molar-refractivity contribution in [2.75, 3.05) is 0 Å². The van der Waals surface area contributed by atoms with Gasteiger partial charge in [-0.25, -0.2) is 0 Å². The first-order chi connectivity index (χ1) is 28.2. The monoisotopic (exact) mass is 793 g/mol. The number of aliphatic hydroxyl groups excluding tert-OH is 2. The summed E-state index contributed by atoms with van der Waals surface area (Å²) < 4.78 is 0. The van der Waals surface area contributed by atoms with Crippen LogP contribution in [-0.4, -0.2) is 22.4 Å². The standard InChI is InChI=1S/C55H100O2/c1-4-7-10-13-16-19-22-25-28-31-34-37-40-43-46-49-52-55(57)53(50-47-44-41-38-35-32-29-26-23-20-17-14-11-8-5-2)54(56)51-48-45-42-39-36-33-30-27-24-21-18-15-12-9-6-3/h16-21,25-30,53-57H,4-15,22-24,31-52H2,1-3H3. The molecule has 0 saturated carbocycles. The van der Waals surface area contributed by atoms with Crippen LogP contribution in [0.5, 0.6) is 0 Å². The summed E-state index contributed by atoms with van der Waals surface area (Å²) in [5.41, 5.74) is 0. The lowest BCUT2D eigenvalue weighted by Gasteiger charge is -2.28. The van der Waals surface area contributed by atoms with Crippen molar-refractivity contribution < 1.29 is 10.2 Å². The van der Waals surface area contributed by atoms with Gasteiger partial charge in [-0.2, -0.15) is 0 Å². The fourth-order valence-electron chi connectivity index (χ4n) is 7.77. The van der Waals surface area contributed by atoms with Crippen molar-refractivity contribution in [3.8, 4) is 0 Å². The van der Waals surface area contributed by atoms with Crippen LogP contribution < -0.4 is 0 Å². The zero-order chi connectivity index (χ0) is 41.4. The molecule has 0 radical (unpaired) electrons. The maximum Gasteiger partial charge on any atom is 0.0593 e. The molecule has 0 aromatic rings. The molecule has 3 atom stereocenters. The maximum absolute atomic E-state index is 11.3. The van der Waals surface area contributed by atoms with Gasteiger partial charge in [-0.15, -0.1) is 0 Å². The van der Waals surface area contributed by atoms with E-state index in [9.17, 15) is 10.2 Å². The van der Waals surface area contributed by atoms with E-state index in [0.29, 0.717) is 0 Å². The second-order valence-electron chi connectivity index (χ2n) is 17.2. The number of allylic oxidation sites excluding steroid dienone is 12. The molecule has 332 valence electrons. The van der Waals surface area contributed by atoms with E-state index in [1.54, 1.807) is 0 Å². The number of aliphatic hydroxyl groups is 2. The SMILES string of the molecule is CCCCCC=CCC=CCCCCCCCCC(O)C(CCCCCCCC=CCC=CCCCCC)C(O)CCCCCCCC=CCC=CCCCCC. The Balaban J connectivity index is 4.39. The quantitative estimate of drug-likeness (QED) is 0.0476. The van der Waals surface area contributed by atoms with E-state index in [1.807, 2.05) is 0 Å². The van der Waals surface area contributed by atoms with Gasteiger partial charge in [0.05, 0.1) is 12.2 Å². The molecule has 0 heterocycles. The maximum atomic E-state index is 11.3. The van der Waals surface area contributed by atoms with E-state index in [2.05, 4.69) is 93.7 Å². The minimum atomic E-state index is -0.367. The molecular weight excluding hydrogens is 693 g/mol.